The number of hydrogen-bond acceptors (Lipinski definition) is 9. The van der Waals surface area contributed by atoms with E-state index in [1.54, 1.807) is 26.1 Å². The van der Waals surface area contributed by atoms with Crippen LogP contribution in [0, 0.1) is 6.92 Å². The molecule has 4 aromatic rings. The van der Waals surface area contributed by atoms with Gasteiger partial charge < -0.3 is 29.6 Å². The van der Waals surface area contributed by atoms with Crippen LogP contribution in [0.1, 0.15) is 18.9 Å². The van der Waals surface area contributed by atoms with Gasteiger partial charge in [0.1, 0.15) is 28.3 Å². The van der Waals surface area contributed by atoms with Crippen molar-refractivity contribution >= 4 is 28.7 Å². The first-order chi connectivity index (χ1) is 21.0. The lowest BCUT2D eigenvalue weighted by molar-refractivity contribution is -0.159. The molecule has 0 saturated heterocycles. The third kappa shape index (κ3) is 8.22. The minimum Gasteiger partial charge on any atom is -0.493 e. The lowest BCUT2D eigenvalue weighted by atomic mass is 10.1. The van der Waals surface area contributed by atoms with Crippen molar-refractivity contribution in [2.75, 3.05) is 38.1 Å². The van der Waals surface area contributed by atoms with Crippen molar-refractivity contribution in [2.45, 2.75) is 20.3 Å². The Kier molecular flexibility index (Phi) is 11.6. The summed E-state index contributed by atoms with van der Waals surface area (Å²) in [4.78, 5) is 57.7. The number of anilines is 1. The number of benzene rings is 2. The van der Waals surface area contributed by atoms with Crippen LogP contribution in [0.4, 0.5) is 5.82 Å². The number of likely N-dealkylation sites (N-methyl/N-ethyl adjacent to an activating group) is 1. The number of carbonyl (C=O) groups is 2. The van der Waals surface area contributed by atoms with E-state index in [4.69, 9.17) is 29.0 Å². The van der Waals surface area contributed by atoms with Gasteiger partial charge in [0.15, 0.2) is 5.43 Å². The van der Waals surface area contributed by atoms with Crippen LogP contribution in [0.25, 0.3) is 22.3 Å². The van der Waals surface area contributed by atoms with E-state index in [2.05, 4.69) is 17.1 Å². The van der Waals surface area contributed by atoms with E-state index in [9.17, 15) is 14.4 Å². The highest BCUT2D eigenvalue weighted by molar-refractivity contribution is 6.27. The molecular weight excluding hydrogens is 572 g/mol. The number of aromatic nitrogens is 2. The Morgan fingerprint density at radius 3 is 2.27 bits per heavy atom. The van der Waals surface area contributed by atoms with Gasteiger partial charge in [0.05, 0.1) is 6.61 Å². The Morgan fingerprint density at radius 2 is 1.64 bits per heavy atom. The predicted octanol–water partition coefficient (Wildman–Crippen LogP) is 2.52. The molecule has 0 aliphatic heterocycles. The Morgan fingerprint density at radius 1 is 0.955 bits per heavy atom. The zero-order valence-corrected chi connectivity index (χ0v) is 25.0. The molecule has 13 heteroatoms. The average molecular weight is 609 g/mol. The zero-order chi connectivity index (χ0) is 32.4. The fourth-order valence-electron chi connectivity index (χ4n) is 4.43. The van der Waals surface area contributed by atoms with E-state index in [-0.39, 0.29) is 16.7 Å². The fourth-order valence-corrected chi connectivity index (χ4v) is 4.43. The molecule has 0 bridgehead atoms. The van der Waals surface area contributed by atoms with Gasteiger partial charge >= 0.3 is 17.6 Å². The smallest absolute Gasteiger partial charge is 0.414 e. The molecule has 0 spiro atoms. The molecule has 2 heterocycles. The minimum absolute atomic E-state index is 0.0906. The number of nitrogens with zero attached hydrogens (tertiary/aromatic N) is 3. The lowest BCUT2D eigenvalue weighted by Crippen LogP contribution is -2.38. The standard InChI is InChI=1S/C29H34N4O5.C2H2O4/c1-5-33(17-15-30-24-19-25(34)32(4)29(36)31(24)3)16-10-18-37-22-13-9-14-23-26(22)27(35)20(2)28(38-23)21-11-7-6-8-12-21;3-1(4)2(5)6/h6-9,11-14,19,30H,5,10,15-18H2,1-4H3;(H,3,4)(H,5,6). The SMILES string of the molecule is CCN(CCCOc1cccc2oc(-c3ccccc3)c(C)c(=O)c12)CCNc1cc(=O)n(C)c(=O)n1C.O=C(O)C(=O)O. The molecule has 0 aliphatic rings. The van der Waals surface area contributed by atoms with Crippen LogP contribution in [0.2, 0.25) is 0 Å². The zero-order valence-electron chi connectivity index (χ0n) is 25.0. The van der Waals surface area contributed by atoms with Crippen LogP contribution in [0.15, 0.2) is 73.4 Å². The van der Waals surface area contributed by atoms with Gasteiger partial charge in [-0.3, -0.25) is 18.7 Å². The highest BCUT2D eigenvalue weighted by atomic mass is 16.5. The van der Waals surface area contributed by atoms with Crippen LogP contribution in [0.3, 0.4) is 0 Å². The molecule has 44 heavy (non-hydrogen) atoms. The van der Waals surface area contributed by atoms with Gasteiger partial charge in [-0.15, -0.1) is 0 Å². The van der Waals surface area contributed by atoms with E-state index in [1.807, 2.05) is 36.4 Å². The normalized spacial score (nSPS) is 10.8. The van der Waals surface area contributed by atoms with Crippen molar-refractivity contribution in [2.24, 2.45) is 14.1 Å². The molecule has 0 amide bonds. The van der Waals surface area contributed by atoms with Crippen LogP contribution in [-0.2, 0) is 23.7 Å². The highest BCUT2D eigenvalue weighted by Crippen LogP contribution is 2.29. The summed E-state index contributed by atoms with van der Waals surface area (Å²) >= 11 is 0. The summed E-state index contributed by atoms with van der Waals surface area (Å²) in [5.74, 6) is -2.05. The number of aliphatic carboxylic acids is 2. The second-order valence-corrected chi connectivity index (χ2v) is 9.82. The molecule has 234 valence electrons. The molecule has 0 aliphatic carbocycles. The summed E-state index contributed by atoms with van der Waals surface area (Å²) in [5, 5.41) is 18.4. The van der Waals surface area contributed by atoms with Crippen LogP contribution in [0.5, 0.6) is 5.75 Å². The number of hydrogen-bond donors (Lipinski definition) is 3. The molecular formula is C31H36N4O9. The largest absolute Gasteiger partial charge is 0.493 e. The molecule has 0 fully saturated rings. The van der Waals surface area contributed by atoms with Crippen LogP contribution < -0.4 is 26.7 Å². The van der Waals surface area contributed by atoms with E-state index in [0.717, 1.165) is 36.2 Å². The molecule has 4 rings (SSSR count). The molecule has 0 saturated carbocycles. The van der Waals surface area contributed by atoms with Crippen molar-refractivity contribution < 1.29 is 29.0 Å². The monoisotopic (exact) mass is 608 g/mol. The summed E-state index contributed by atoms with van der Waals surface area (Å²) in [6.07, 6.45) is 0.765. The topological polar surface area (TPSA) is 173 Å². The van der Waals surface area contributed by atoms with Gasteiger partial charge in [0, 0.05) is 50.9 Å². The second kappa shape index (κ2) is 15.3. The van der Waals surface area contributed by atoms with Gasteiger partial charge in [-0.1, -0.05) is 43.3 Å². The predicted molar refractivity (Wildman–Crippen MR) is 166 cm³/mol. The number of carboxylic acid groups (broad SMARTS) is 2. The second-order valence-electron chi connectivity index (χ2n) is 9.82. The Hall–Kier alpha value is -5.17. The average Bonchev–Trinajstić information content (AvgIpc) is 3.02. The molecule has 0 radical (unpaired) electrons. The summed E-state index contributed by atoms with van der Waals surface area (Å²) in [5.41, 5.74) is 1.13. The summed E-state index contributed by atoms with van der Waals surface area (Å²) < 4.78 is 14.7. The molecule has 13 nitrogen and oxygen atoms in total. The van der Waals surface area contributed by atoms with Gasteiger partial charge in [0.25, 0.3) is 5.56 Å². The first kappa shape index (κ1) is 33.3. The third-order valence-electron chi connectivity index (χ3n) is 6.91. The van der Waals surface area contributed by atoms with E-state index in [0.29, 0.717) is 47.0 Å². The van der Waals surface area contributed by atoms with E-state index < -0.39 is 11.9 Å². The van der Waals surface area contributed by atoms with Gasteiger partial charge in [-0.25, -0.2) is 14.4 Å². The van der Waals surface area contributed by atoms with Gasteiger partial charge in [0.2, 0.25) is 0 Å². The maximum atomic E-state index is 13.3. The summed E-state index contributed by atoms with van der Waals surface area (Å²) in [7, 11) is 3.10. The van der Waals surface area contributed by atoms with Crippen molar-refractivity contribution in [3.8, 4) is 17.1 Å². The first-order valence-electron chi connectivity index (χ1n) is 13.9. The minimum atomic E-state index is -1.82. The van der Waals surface area contributed by atoms with Crippen molar-refractivity contribution in [1.82, 2.24) is 14.0 Å². The Balaban J connectivity index is 0.000000801. The molecule has 0 atom stereocenters. The van der Waals surface area contributed by atoms with Crippen LogP contribution >= 0.6 is 0 Å². The van der Waals surface area contributed by atoms with E-state index >= 15 is 0 Å². The number of rotatable bonds is 11. The van der Waals surface area contributed by atoms with Crippen molar-refractivity contribution in [3.05, 3.63) is 91.2 Å². The summed E-state index contributed by atoms with van der Waals surface area (Å²) in [6, 6.07) is 16.5. The lowest BCUT2D eigenvalue weighted by Gasteiger charge is -2.21. The number of fused-ring (bicyclic) bond motifs is 1. The molecule has 2 aromatic heterocycles. The molecule has 2 aromatic carbocycles. The number of nitrogens with one attached hydrogen (secondary N) is 1. The first-order valence-corrected chi connectivity index (χ1v) is 13.9. The van der Waals surface area contributed by atoms with Gasteiger partial charge in [-0.05, 0) is 32.0 Å². The quantitative estimate of drug-likeness (QED) is 0.169. The highest BCUT2D eigenvalue weighted by Gasteiger charge is 2.16. The number of carboxylic acids is 2. The number of ether oxygens (including phenoxy) is 1. The Labute approximate surface area is 252 Å². The summed E-state index contributed by atoms with van der Waals surface area (Å²) in [6.45, 7) is 7.27. The maximum absolute atomic E-state index is 13.3. The molecule has 3 N–H and O–H groups in total. The fraction of sp³-hybridized carbons (Fsp3) is 0.323. The van der Waals surface area contributed by atoms with E-state index in [1.165, 1.54) is 17.7 Å². The van der Waals surface area contributed by atoms with Crippen molar-refractivity contribution in [3.63, 3.8) is 0 Å². The third-order valence-corrected chi connectivity index (χ3v) is 6.91. The van der Waals surface area contributed by atoms with Crippen LogP contribution in [-0.4, -0.2) is 69.0 Å². The van der Waals surface area contributed by atoms with Gasteiger partial charge in [-0.2, -0.15) is 0 Å². The van der Waals surface area contributed by atoms with Crippen molar-refractivity contribution in [1.29, 1.82) is 0 Å². The maximum Gasteiger partial charge on any atom is 0.414 e. The molecule has 0 unspecified atom stereocenters. The Bertz CT molecular complexity index is 1780.